The van der Waals surface area contributed by atoms with Crippen molar-refractivity contribution in [3.8, 4) is 0 Å². The van der Waals surface area contributed by atoms with Gasteiger partial charge in [0.15, 0.2) is 11.5 Å². The minimum absolute atomic E-state index is 0.135. The molecular weight excluding hydrogens is 240 g/mol. The van der Waals surface area contributed by atoms with Crippen molar-refractivity contribution in [1.82, 2.24) is 10.3 Å². The molecular formula is C12H13ClN2O2. The summed E-state index contributed by atoms with van der Waals surface area (Å²) in [4.78, 5) is 4.41. The monoisotopic (exact) mass is 252 g/mol. The largest absolute Gasteiger partial charge is 0.439 e. The first-order valence-corrected chi connectivity index (χ1v) is 6.07. The van der Waals surface area contributed by atoms with Crippen LogP contribution in [-0.4, -0.2) is 30.8 Å². The fourth-order valence-corrected chi connectivity index (χ4v) is 2.20. The van der Waals surface area contributed by atoms with Crippen LogP contribution >= 0.6 is 11.6 Å². The molecule has 5 heteroatoms. The van der Waals surface area contributed by atoms with Gasteiger partial charge >= 0.3 is 0 Å². The van der Waals surface area contributed by atoms with Crippen molar-refractivity contribution < 1.29 is 9.15 Å². The van der Waals surface area contributed by atoms with Crippen molar-refractivity contribution in [1.29, 1.82) is 0 Å². The zero-order valence-electron chi connectivity index (χ0n) is 9.28. The number of fused-ring (bicyclic) bond motifs is 1. The Morgan fingerprint density at radius 3 is 3.18 bits per heavy atom. The Kier molecular flexibility index (Phi) is 3.01. The fraction of sp³-hybridized carbons (Fsp3) is 0.417. The van der Waals surface area contributed by atoms with Crippen LogP contribution in [0.5, 0.6) is 0 Å². The number of nitrogens with one attached hydrogen (secondary N) is 1. The van der Waals surface area contributed by atoms with Crippen molar-refractivity contribution in [2.75, 3.05) is 19.7 Å². The maximum Gasteiger partial charge on any atom is 0.198 e. The molecule has 1 N–H and O–H groups in total. The zero-order valence-corrected chi connectivity index (χ0v) is 10.0. The molecule has 2 aromatic rings. The molecule has 0 saturated carbocycles. The van der Waals surface area contributed by atoms with Crippen LogP contribution in [0.1, 0.15) is 5.89 Å². The quantitative estimate of drug-likeness (QED) is 0.888. The van der Waals surface area contributed by atoms with Gasteiger partial charge in [-0.3, -0.25) is 0 Å². The van der Waals surface area contributed by atoms with Gasteiger partial charge in [-0.2, -0.15) is 0 Å². The normalized spacial score (nSPS) is 20.9. The standard InChI is InChI=1S/C12H13ClN2O2/c13-9-2-1-3-10-12(9)17-11(15-10)6-8-7-14-4-5-16-8/h1-3,8,14H,4-7H2. The van der Waals surface area contributed by atoms with Gasteiger partial charge in [-0.25, -0.2) is 4.98 Å². The first-order chi connectivity index (χ1) is 8.33. The summed E-state index contributed by atoms with van der Waals surface area (Å²) in [6.45, 7) is 2.49. The highest BCUT2D eigenvalue weighted by Crippen LogP contribution is 2.24. The molecule has 2 heterocycles. The van der Waals surface area contributed by atoms with Gasteiger partial charge in [-0.15, -0.1) is 0 Å². The SMILES string of the molecule is Clc1cccc2nc(CC3CNCCO3)oc12. The van der Waals surface area contributed by atoms with Crippen LogP contribution in [0.4, 0.5) is 0 Å². The summed E-state index contributed by atoms with van der Waals surface area (Å²) in [6.07, 6.45) is 0.813. The van der Waals surface area contributed by atoms with Crippen LogP contribution in [0.3, 0.4) is 0 Å². The minimum Gasteiger partial charge on any atom is -0.439 e. The van der Waals surface area contributed by atoms with E-state index in [1.807, 2.05) is 12.1 Å². The zero-order chi connectivity index (χ0) is 11.7. The molecule has 1 aliphatic rings. The number of benzene rings is 1. The number of hydrogen-bond acceptors (Lipinski definition) is 4. The molecule has 1 aliphatic heterocycles. The molecule has 1 aromatic carbocycles. The van der Waals surface area contributed by atoms with Crippen LogP contribution in [0.15, 0.2) is 22.6 Å². The molecule has 0 amide bonds. The van der Waals surface area contributed by atoms with Crippen molar-refractivity contribution in [2.24, 2.45) is 0 Å². The molecule has 0 spiro atoms. The van der Waals surface area contributed by atoms with E-state index in [-0.39, 0.29) is 6.10 Å². The average molecular weight is 253 g/mol. The van der Waals surface area contributed by atoms with Gasteiger partial charge in [-0.05, 0) is 12.1 Å². The third-order valence-corrected chi connectivity index (χ3v) is 3.12. The van der Waals surface area contributed by atoms with E-state index in [9.17, 15) is 0 Å². The van der Waals surface area contributed by atoms with Gasteiger partial charge in [-0.1, -0.05) is 17.7 Å². The van der Waals surface area contributed by atoms with Gasteiger partial charge < -0.3 is 14.5 Å². The number of para-hydroxylation sites is 1. The Morgan fingerprint density at radius 2 is 2.41 bits per heavy atom. The van der Waals surface area contributed by atoms with E-state index < -0.39 is 0 Å². The van der Waals surface area contributed by atoms with Crippen LogP contribution in [0.2, 0.25) is 5.02 Å². The predicted octanol–water partition coefficient (Wildman–Crippen LogP) is 2.01. The maximum atomic E-state index is 6.04. The van der Waals surface area contributed by atoms with E-state index in [1.54, 1.807) is 6.07 Å². The lowest BCUT2D eigenvalue weighted by atomic mass is 10.2. The van der Waals surface area contributed by atoms with Crippen LogP contribution in [-0.2, 0) is 11.2 Å². The topological polar surface area (TPSA) is 47.3 Å². The number of nitrogens with zero attached hydrogens (tertiary/aromatic N) is 1. The van der Waals surface area contributed by atoms with Crippen LogP contribution in [0.25, 0.3) is 11.1 Å². The molecule has 1 atom stereocenters. The molecule has 0 bridgehead atoms. The first kappa shape index (κ1) is 11.0. The smallest absolute Gasteiger partial charge is 0.198 e. The van der Waals surface area contributed by atoms with Gasteiger partial charge in [0.25, 0.3) is 0 Å². The molecule has 1 saturated heterocycles. The number of rotatable bonds is 2. The number of halogens is 1. The summed E-state index contributed by atoms with van der Waals surface area (Å²) in [6, 6.07) is 5.57. The second kappa shape index (κ2) is 4.64. The molecule has 90 valence electrons. The predicted molar refractivity (Wildman–Crippen MR) is 65.3 cm³/mol. The second-order valence-electron chi connectivity index (χ2n) is 4.10. The maximum absolute atomic E-state index is 6.04. The molecule has 0 radical (unpaired) electrons. The van der Waals surface area contributed by atoms with Crippen molar-refractivity contribution >= 4 is 22.7 Å². The molecule has 3 rings (SSSR count). The third kappa shape index (κ3) is 2.29. The Hall–Kier alpha value is -1.10. The Morgan fingerprint density at radius 1 is 1.47 bits per heavy atom. The molecule has 1 fully saturated rings. The third-order valence-electron chi connectivity index (χ3n) is 2.82. The van der Waals surface area contributed by atoms with E-state index in [0.717, 1.165) is 25.2 Å². The number of morpholine rings is 1. The van der Waals surface area contributed by atoms with Gasteiger partial charge in [0.1, 0.15) is 5.52 Å². The van der Waals surface area contributed by atoms with Gasteiger partial charge in [0.2, 0.25) is 0 Å². The summed E-state index contributed by atoms with van der Waals surface area (Å²) in [5, 5.41) is 3.88. The average Bonchev–Trinajstić information content (AvgIpc) is 2.74. The van der Waals surface area contributed by atoms with Crippen molar-refractivity contribution in [3.63, 3.8) is 0 Å². The molecule has 4 nitrogen and oxygen atoms in total. The van der Waals surface area contributed by atoms with E-state index in [1.165, 1.54) is 0 Å². The highest BCUT2D eigenvalue weighted by Gasteiger charge is 2.17. The summed E-state index contributed by atoms with van der Waals surface area (Å²) in [5.41, 5.74) is 1.46. The van der Waals surface area contributed by atoms with E-state index >= 15 is 0 Å². The van der Waals surface area contributed by atoms with Gasteiger partial charge in [0.05, 0.1) is 24.2 Å². The second-order valence-corrected chi connectivity index (χ2v) is 4.50. The first-order valence-electron chi connectivity index (χ1n) is 5.69. The number of oxazole rings is 1. The lowest BCUT2D eigenvalue weighted by Gasteiger charge is -2.22. The minimum atomic E-state index is 0.135. The van der Waals surface area contributed by atoms with Gasteiger partial charge in [0, 0.05) is 13.1 Å². The number of hydrogen-bond donors (Lipinski definition) is 1. The number of aromatic nitrogens is 1. The highest BCUT2D eigenvalue weighted by molar-refractivity contribution is 6.34. The summed E-state index contributed by atoms with van der Waals surface area (Å²) >= 11 is 6.04. The highest BCUT2D eigenvalue weighted by atomic mass is 35.5. The summed E-state index contributed by atoms with van der Waals surface area (Å²) < 4.78 is 11.3. The molecule has 1 aromatic heterocycles. The Bertz CT molecular complexity index is 520. The van der Waals surface area contributed by atoms with E-state index in [4.69, 9.17) is 20.8 Å². The number of ether oxygens (including phenoxy) is 1. The summed E-state index contributed by atoms with van der Waals surface area (Å²) in [7, 11) is 0. The Labute approximate surface area is 104 Å². The lowest BCUT2D eigenvalue weighted by molar-refractivity contribution is 0.0257. The van der Waals surface area contributed by atoms with E-state index in [2.05, 4.69) is 10.3 Å². The fourth-order valence-electron chi connectivity index (χ4n) is 1.99. The van der Waals surface area contributed by atoms with Crippen molar-refractivity contribution in [3.05, 3.63) is 29.1 Å². The molecule has 1 unspecified atom stereocenters. The van der Waals surface area contributed by atoms with Crippen LogP contribution in [0, 0.1) is 0 Å². The molecule has 17 heavy (non-hydrogen) atoms. The van der Waals surface area contributed by atoms with E-state index in [0.29, 0.717) is 22.9 Å². The van der Waals surface area contributed by atoms with Crippen molar-refractivity contribution in [2.45, 2.75) is 12.5 Å². The Balaban J connectivity index is 1.83. The lowest BCUT2D eigenvalue weighted by Crippen LogP contribution is -2.39. The summed E-state index contributed by atoms with van der Waals surface area (Å²) in [5.74, 6) is 0.682. The molecule has 0 aliphatic carbocycles. The van der Waals surface area contributed by atoms with Crippen LogP contribution < -0.4 is 5.32 Å².